The molecule has 2 aromatic carbocycles. The van der Waals surface area contributed by atoms with Crippen LogP contribution in [0.25, 0.3) is 16.3 Å². The highest BCUT2D eigenvalue weighted by Gasteiger charge is 2.22. The second-order valence-corrected chi connectivity index (χ2v) is 6.22. The fraction of sp³-hybridized carbons (Fsp3) is 0. The highest BCUT2D eigenvalue weighted by Crippen LogP contribution is 2.33. The number of benzene rings is 2. The summed E-state index contributed by atoms with van der Waals surface area (Å²) in [6, 6.07) is 3.95. The Hall–Kier alpha value is -1.90. The standard InChI is InChI=1S/C14H4Cl2F4N2OS/c15-5-4-8(12(20)10(16)11(5)19)22-14(23)21-13(24-22)9-6(17)2-1-3-7(9)18/h1-4H. The molecular weight excluding hydrogens is 391 g/mol. The molecule has 3 aromatic rings. The van der Waals surface area contributed by atoms with Crippen LogP contribution in [0.1, 0.15) is 0 Å². The Kier molecular flexibility index (Phi) is 4.37. The maximum absolute atomic E-state index is 14.1. The van der Waals surface area contributed by atoms with E-state index in [1.54, 1.807) is 0 Å². The van der Waals surface area contributed by atoms with Crippen LogP contribution in [-0.4, -0.2) is 8.94 Å². The average molecular weight is 395 g/mol. The van der Waals surface area contributed by atoms with E-state index in [2.05, 4.69) is 4.98 Å². The van der Waals surface area contributed by atoms with E-state index < -0.39 is 50.3 Å². The molecule has 0 spiro atoms. The Morgan fingerprint density at radius 1 is 1.04 bits per heavy atom. The number of hydrogen-bond acceptors (Lipinski definition) is 3. The van der Waals surface area contributed by atoms with Gasteiger partial charge in [-0.05, 0) is 29.7 Å². The number of aromatic nitrogens is 2. The Labute approximate surface area is 145 Å². The molecule has 0 bridgehead atoms. The summed E-state index contributed by atoms with van der Waals surface area (Å²) < 4.78 is 55.8. The van der Waals surface area contributed by atoms with Crippen molar-refractivity contribution in [2.24, 2.45) is 0 Å². The van der Waals surface area contributed by atoms with Gasteiger partial charge >= 0.3 is 5.69 Å². The highest BCUT2D eigenvalue weighted by atomic mass is 35.5. The van der Waals surface area contributed by atoms with Crippen molar-refractivity contribution in [1.82, 2.24) is 8.94 Å². The van der Waals surface area contributed by atoms with E-state index in [0.29, 0.717) is 15.5 Å². The van der Waals surface area contributed by atoms with Crippen LogP contribution in [0.4, 0.5) is 17.6 Å². The van der Waals surface area contributed by atoms with Crippen molar-refractivity contribution >= 4 is 34.7 Å². The molecule has 0 N–H and O–H groups in total. The van der Waals surface area contributed by atoms with Gasteiger partial charge in [-0.1, -0.05) is 29.3 Å². The van der Waals surface area contributed by atoms with Crippen LogP contribution < -0.4 is 5.69 Å². The molecule has 0 atom stereocenters. The van der Waals surface area contributed by atoms with Gasteiger partial charge in [0.25, 0.3) is 0 Å². The van der Waals surface area contributed by atoms with Crippen molar-refractivity contribution in [3.63, 3.8) is 0 Å². The first-order chi connectivity index (χ1) is 11.3. The van der Waals surface area contributed by atoms with Gasteiger partial charge in [-0.2, -0.15) is 4.98 Å². The molecule has 0 saturated heterocycles. The van der Waals surface area contributed by atoms with Crippen LogP contribution in [0, 0.1) is 23.3 Å². The van der Waals surface area contributed by atoms with Crippen LogP contribution in [0.15, 0.2) is 29.1 Å². The lowest BCUT2D eigenvalue weighted by molar-refractivity contribution is 0.579. The van der Waals surface area contributed by atoms with Crippen LogP contribution in [-0.2, 0) is 0 Å². The molecular formula is C14H4Cl2F4N2OS. The van der Waals surface area contributed by atoms with E-state index in [0.717, 1.165) is 24.3 Å². The molecule has 0 aliphatic heterocycles. The number of nitrogens with zero attached hydrogens (tertiary/aromatic N) is 2. The Morgan fingerprint density at radius 2 is 1.67 bits per heavy atom. The Balaban J connectivity index is 2.24. The number of halogens is 6. The molecule has 1 heterocycles. The molecule has 0 aliphatic carbocycles. The monoisotopic (exact) mass is 394 g/mol. The van der Waals surface area contributed by atoms with E-state index in [1.807, 2.05) is 0 Å². The molecule has 3 nitrogen and oxygen atoms in total. The lowest BCUT2D eigenvalue weighted by Crippen LogP contribution is -2.15. The van der Waals surface area contributed by atoms with Crippen LogP contribution in [0.5, 0.6) is 0 Å². The molecule has 0 aliphatic rings. The average Bonchev–Trinajstić information content (AvgIpc) is 2.90. The van der Waals surface area contributed by atoms with E-state index in [4.69, 9.17) is 23.2 Å². The predicted molar refractivity (Wildman–Crippen MR) is 83.0 cm³/mol. The zero-order valence-electron chi connectivity index (χ0n) is 11.3. The molecule has 0 amide bonds. The second-order valence-electron chi connectivity index (χ2n) is 4.50. The lowest BCUT2D eigenvalue weighted by atomic mass is 10.2. The quantitative estimate of drug-likeness (QED) is 0.354. The van der Waals surface area contributed by atoms with Gasteiger partial charge in [0.1, 0.15) is 22.3 Å². The molecule has 0 unspecified atom stereocenters. The first kappa shape index (κ1) is 16.9. The van der Waals surface area contributed by atoms with Crippen molar-refractivity contribution in [2.75, 3.05) is 0 Å². The summed E-state index contributed by atoms with van der Waals surface area (Å²) in [5, 5.41) is -1.74. The Bertz CT molecular complexity index is 998. The van der Waals surface area contributed by atoms with Crippen molar-refractivity contribution in [3.8, 4) is 16.3 Å². The zero-order chi connectivity index (χ0) is 17.6. The van der Waals surface area contributed by atoms with Crippen molar-refractivity contribution in [2.45, 2.75) is 0 Å². The molecule has 24 heavy (non-hydrogen) atoms. The maximum Gasteiger partial charge on any atom is 0.363 e. The number of hydrogen-bond donors (Lipinski definition) is 0. The predicted octanol–water partition coefficient (Wildman–Crippen LogP) is 4.82. The van der Waals surface area contributed by atoms with Gasteiger partial charge in [0.2, 0.25) is 0 Å². The zero-order valence-corrected chi connectivity index (χ0v) is 13.6. The molecule has 124 valence electrons. The minimum Gasteiger partial charge on any atom is -0.244 e. The maximum atomic E-state index is 14.1. The molecule has 10 heteroatoms. The second kappa shape index (κ2) is 6.19. The van der Waals surface area contributed by atoms with E-state index >= 15 is 0 Å². The fourth-order valence-electron chi connectivity index (χ4n) is 1.94. The van der Waals surface area contributed by atoms with E-state index in [-0.39, 0.29) is 5.01 Å². The first-order valence-electron chi connectivity index (χ1n) is 6.19. The van der Waals surface area contributed by atoms with Gasteiger partial charge in [0.05, 0.1) is 10.6 Å². The normalized spacial score (nSPS) is 11.1. The molecule has 0 saturated carbocycles. The smallest absolute Gasteiger partial charge is 0.244 e. The molecule has 0 radical (unpaired) electrons. The van der Waals surface area contributed by atoms with Crippen LogP contribution in [0.3, 0.4) is 0 Å². The summed E-state index contributed by atoms with van der Waals surface area (Å²) in [6.45, 7) is 0. The van der Waals surface area contributed by atoms with Gasteiger partial charge in [0, 0.05) is 0 Å². The molecule has 3 rings (SSSR count). The number of rotatable bonds is 2. The minimum atomic E-state index is -1.25. The van der Waals surface area contributed by atoms with Gasteiger partial charge in [0.15, 0.2) is 16.6 Å². The van der Waals surface area contributed by atoms with Crippen molar-refractivity contribution < 1.29 is 17.6 Å². The summed E-state index contributed by atoms with van der Waals surface area (Å²) in [5.74, 6) is -4.31. The minimum absolute atomic E-state index is 0.313. The third kappa shape index (κ3) is 2.70. The fourth-order valence-corrected chi connectivity index (χ4v) is 3.32. The Morgan fingerprint density at radius 3 is 2.29 bits per heavy atom. The lowest BCUT2D eigenvalue weighted by Gasteiger charge is -2.06. The highest BCUT2D eigenvalue weighted by molar-refractivity contribution is 7.10. The summed E-state index contributed by atoms with van der Waals surface area (Å²) in [6.07, 6.45) is 0. The first-order valence-corrected chi connectivity index (χ1v) is 7.72. The molecule has 1 aromatic heterocycles. The summed E-state index contributed by atoms with van der Waals surface area (Å²) in [4.78, 5) is 15.5. The van der Waals surface area contributed by atoms with Gasteiger partial charge in [-0.25, -0.2) is 26.3 Å². The molecule has 0 fully saturated rings. The van der Waals surface area contributed by atoms with E-state index in [9.17, 15) is 22.4 Å². The van der Waals surface area contributed by atoms with Gasteiger partial charge < -0.3 is 0 Å². The summed E-state index contributed by atoms with van der Waals surface area (Å²) in [5.41, 5.74) is -2.02. The van der Waals surface area contributed by atoms with Crippen molar-refractivity contribution in [3.05, 3.63) is 68.1 Å². The van der Waals surface area contributed by atoms with Crippen molar-refractivity contribution in [1.29, 1.82) is 0 Å². The van der Waals surface area contributed by atoms with Gasteiger partial charge in [-0.15, -0.1) is 0 Å². The largest absolute Gasteiger partial charge is 0.363 e. The summed E-state index contributed by atoms with van der Waals surface area (Å²) in [7, 11) is 0. The van der Waals surface area contributed by atoms with Crippen LogP contribution in [0.2, 0.25) is 10.0 Å². The van der Waals surface area contributed by atoms with Crippen LogP contribution >= 0.6 is 34.7 Å². The summed E-state index contributed by atoms with van der Waals surface area (Å²) >= 11 is 11.5. The van der Waals surface area contributed by atoms with E-state index in [1.165, 1.54) is 0 Å². The SMILES string of the molecule is O=c1nc(-c2c(F)cccc2F)sn1-c1cc(Cl)c(F)c(Cl)c1F. The van der Waals surface area contributed by atoms with Gasteiger partial charge in [-0.3, -0.25) is 0 Å². The third-order valence-electron chi connectivity index (χ3n) is 3.03. The third-order valence-corrected chi connectivity index (χ3v) is 4.64. The topological polar surface area (TPSA) is 34.9 Å².